The molecule has 0 saturated carbocycles. The lowest BCUT2D eigenvalue weighted by molar-refractivity contribution is 0.122. The molecule has 1 aliphatic rings. The Hall–Kier alpha value is -2.12. The minimum absolute atomic E-state index is 0.133. The molecule has 8 heteroatoms. The summed E-state index contributed by atoms with van der Waals surface area (Å²) in [5.41, 5.74) is 0.625. The fourth-order valence-electron chi connectivity index (χ4n) is 2.81. The third kappa shape index (κ3) is 1.89. The third-order valence-electron chi connectivity index (χ3n) is 3.96. The molecule has 0 N–H and O–H groups in total. The van der Waals surface area contributed by atoms with Gasteiger partial charge in [-0.15, -0.1) is 10.2 Å². The number of anilines is 1. The molecule has 0 radical (unpaired) electrons. The smallest absolute Gasteiger partial charge is 0.262 e. The lowest BCUT2D eigenvalue weighted by Gasteiger charge is -2.26. The van der Waals surface area contributed by atoms with E-state index in [9.17, 15) is 4.79 Å². The molecule has 1 fully saturated rings. The molecule has 1 aliphatic heterocycles. The summed E-state index contributed by atoms with van der Waals surface area (Å²) in [7, 11) is 1.69. The van der Waals surface area contributed by atoms with Crippen LogP contribution in [0.3, 0.4) is 0 Å². The normalized spacial score (nSPS) is 15.8. The van der Waals surface area contributed by atoms with E-state index in [4.69, 9.17) is 16.3 Å². The molecule has 3 aromatic rings. The number of hydrogen-bond donors (Lipinski definition) is 0. The molecule has 7 nitrogen and oxygen atoms in total. The van der Waals surface area contributed by atoms with Crippen LogP contribution < -0.4 is 10.5 Å². The highest BCUT2D eigenvalue weighted by Gasteiger charge is 2.20. The van der Waals surface area contributed by atoms with Crippen molar-refractivity contribution in [3.05, 3.63) is 33.6 Å². The zero-order chi connectivity index (χ0) is 15.3. The summed E-state index contributed by atoms with van der Waals surface area (Å²) in [6.07, 6.45) is 0. The van der Waals surface area contributed by atoms with Crippen LogP contribution in [0.4, 0.5) is 5.95 Å². The van der Waals surface area contributed by atoms with E-state index < -0.39 is 0 Å². The van der Waals surface area contributed by atoms with Crippen LogP contribution in [0.2, 0.25) is 5.02 Å². The maximum atomic E-state index is 12.5. The van der Waals surface area contributed by atoms with Crippen molar-refractivity contribution >= 4 is 34.2 Å². The van der Waals surface area contributed by atoms with Crippen molar-refractivity contribution in [2.45, 2.75) is 0 Å². The molecular weight excluding hydrogens is 306 g/mol. The maximum absolute atomic E-state index is 12.5. The molecule has 3 heterocycles. The van der Waals surface area contributed by atoms with Gasteiger partial charge < -0.3 is 9.64 Å². The highest BCUT2D eigenvalue weighted by molar-refractivity contribution is 6.31. The molecule has 0 bridgehead atoms. The standard InChI is InChI=1S/C14H14ClN5O2/c1-18-12(21)10-8-9(15)2-3-11(10)20-13(18)16-17-14(20)19-4-6-22-7-5-19/h2-3,8H,4-7H2,1H3. The Bertz CT molecular complexity index is 926. The molecule has 1 saturated heterocycles. The highest BCUT2D eigenvalue weighted by atomic mass is 35.5. The second-order valence-corrected chi connectivity index (χ2v) is 5.70. The molecule has 0 unspecified atom stereocenters. The second-order valence-electron chi connectivity index (χ2n) is 5.26. The molecule has 4 rings (SSSR count). The Kier molecular flexibility index (Phi) is 3.05. The summed E-state index contributed by atoms with van der Waals surface area (Å²) in [5, 5.41) is 9.56. The van der Waals surface area contributed by atoms with Crippen LogP contribution in [0, 0.1) is 0 Å². The van der Waals surface area contributed by atoms with Crippen molar-refractivity contribution in [3.63, 3.8) is 0 Å². The first-order chi connectivity index (χ1) is 10.7. The van der Waals surface area contributed by atoms with Crippen molar-refractivity contribution in [2.75, 3.05) is 31.2 Å². The van der Waals surface area contributed by atoms with Gasteiger partial charge in [-0.3, -0.25) is 9.36 Å². The molecule has 114 valence electrons. The van der Waals surface area contributed by atoms with Gasteiger partial charge in [0.15, 0.2) is 0 Å². The van der Waals surface area contributed by atoms with Crippen LogP contribution in [0.1, 0.15) is 0 Å². The number of benzene rings is 1. The number of halogens is 1. The first kappa shape index (κ1) is 13.5. The maximum Gasteiger partial charge on any atom is 0.262 e. The number of morpholine rings is 1. The molecular formula is C14H14ClN5O2. The Balaban J connectivity index is 2.08. The van der Waals surface area contributed by atoms with Crippen LogP contribution in [0.5, 0.6) is 0 Å². The van der Waals surface area contributed by atoms with Gasteiger partial charge in [-0.1, -0.05) is 11.6 Å². The van der Waals surface area contributed by atoms with E-state index in [1.165, 1.54) is 4.57 Å². The lowest BCUT2D eigenvalue weighted by atomic mass is 10.2. The average Bonchev–Trinajstić information content (AvgIpc) is 2.98. The molecule has 22 heavy (non-hydrogen) atoms. The zero-order valence-electron chi connectivity index (χ0n) is 12.0. The van der Waals surface area contributed by atoms with Gasteiger partial charge in [-0.2, -0.15) is 0 Å². The molecule has 0 aliphatic carbocycles. The van der Waals surface area contributed by atoms with Crippen molar-refractivity contribution in [1.29, 1.82) is 0 Å². The molecule has 2 aromatic heterocycles. The summed E-state index contributed by atoms with van der Waals surface area (Å²) in [6.45, 7) is 2.81. The second kappa shape index (κ2) is 4.96. The fraction of sp³-hybridized carbons (Fsp3) is 0.357. The van der Waals surface area contributed by atoms with Crippen molar-refractivity contribution < 1.29 is 4.74 Å². The molecule has 0 spiro atoms. The Morgan fingerprint density at radius 3 is 2.77 bits per heavy atom. The number of ether oxygens (including phenoxy) is 1. The molecule has 0 amide bonds. The Morgan fingerprint density at radius 2 is 2.00 bits per heavy atom. The Morgan fingerprint density at radius 1 is 1.23 bits per heavy atom. The molecule has 0 atom stereocenters. The number of hydrogen-bond acceptors (Lipinski definition) is 5. The van der Waals surface area contributed by atoms with Crippen LogP contribution >= 0.6 is 11.6 Å². The Labute approximate surface area is 130 Å². The van der Waals surface area contributed by atoms with Gasteiger partial charge in [-0.25, -0.2) is 4.40 Å². The first-order valence-electron chi connectivity index (χ1n) is 7.03. The van der Waals surface area contributed by atoms with E-state index >= 15 is 0 Å². The van der Waals surface area contributed by atoms with Crippen LogP contribution in [0.25, 0.3) is 16.7 Å². The topological polar surface area (TPSA) is 64.7 Å². The van der Waals surface area contributed by atoms with Crippen LogP contribution in [-0.2, 0) is 11.8 Å². The average molecular weight is 320 g/mol. The lowest BCUT2D eigenvalue weighted by Crippen LogP contribution is -2.37. The number of nitrogens with zero attached hydrogens (tertiary/aromatic N) is 5. The quantitative estimate of drug-likeness (QED) is 0.671. The van der Waals surface area contributed by atoms with Gasteiger partial charge >= 0.3 is 0 Å². The number of aromatic nitrogens is 4. The highest BCUT2D eigenvalue weighted by Crippen LogP contribution is 2.22. The minimum Gasteiger partial charge on any atom is -0.378 e. The van der Waals surface area contributed by atoms with E-state index in [1.54, 1.807) is 19.2 Å². The summed E-state index contributed by atoms with van der Waals surface area (Å²) in [5.74, 6) is 1.24. The number of aryl methyl sites for hydroxylation is 1. The number of fused-ring (bicyclic) bond motifs is 3. The first-order valence-corrected chi connectivity index (χ1v) is 7.40. The summed E-state index contributed by atoms with van der Waals surface area (Å²) < 4.78 is 8.78. The molecule has 1 aromatic carbocycles. The van der Waals surface area contributed by atoms with Gasteiger partial charge in [0.2, 0.25) is 11.7 Å². The predicted molar refractivity (Wildman–Crippen MR) is 83.8 cm³/mol. The van der Waals surface area contributed by atoms with Crippen LogP contribution in [0.15, 0.2) is 23.0 Å². The van der Waals surface area contributed by atoms with E-state index in [2.05, 4.69) is 15.1 Å². The zero-order valence-corrected chi connectivity index (χ0v) is 12.7. The SMILES string of the molecule is Cn1c(=O)c2cc(Cl)ccc2n2c(N3CCOCC3)nnc12. The van der Waals surface area contributed by atoms with Crippen molar-refractivity contribution in [3.8, 4) is 0 Å². The van der Waals surface area contributed by atoms with Crippen LogP contribution in [-0.4, -0.2) is 45.5 Å². The van der Waals surface area contributed by atoms with Gasteiger partial charge in [0.1, 0.15) is 0 Å². The van der Waals surface area contributed by atoms with E-state index in [0.717, 1.165) is 24.6 Å². The third-order valence-corrected chi connectivity index (χ3v) is 4.19. The number of rotatable bonds is 1. The summed E-state index contributed by atoms with van der Waals surface area (Å²) >= 11 is 6.04. The van der Waals surface area contributed by atoms with Gasteiger partial charge in [0, 0.05) is 25.2 Å². The van der Waals surface area contributed by atoms with E-state index in [1.807, 2.05) is 10.5 Å². The fourth-order valence-corrected chi connectivity index (χ4v) is 2.99. The van der Waals surface area contributed by atoms with Gasteiger partial charge in [-0.05, 0) is 18.2 Å². The summed E-state index contributed by atoms with van der Waals surface area (Å²) in [4.78, 5) is 14.6. The van der Waals surface area contributed by atoms with Gasteiger partial charge in [0.05, 0.1) is 24.1 Å². The van der Waals surface area contributed by atoms with Gasteiger partial charge in [0.25, 0.3) is 5.56 Å². The predicted octanol–water partition coefficient (Wildman–Crippen LogP) is 1.07. The minimum atomic E-state index is -0.133. The summed E-state index contributed by atoms with van der Waals surface area (Å²) in [6, 6.07) is 5.28. The largest absolute Gasteiger partial charge is 0.378 e. The van der Waals surface area contributed by atoms with Crippen molar-refractivity contribution in [2.24, 2.45) is 7.05 Å². The van der Waals surface area contributed by atoms with Crippen molar-refractivity contribution in [1.82, 2.24) is 19.2 Å². The monoisotopic (exact) mass is 319 g/mol. The van der Waals surface area contributed by atoms with E-state index in [0.29, 0.717) is 29.4 Å². The van der Waals surface area contributed by atoms with E-state index in [-0.39, 0.29) is 5.56 Å².